The van der Waals surface area contributed by atoms with Gasteiger partial charge in [0.05, 0.1) is 18.1 Å². The van der Waals surface area contributed by atoms with Gasteiger partial charge in [0.25, 0.3) is 5.91 Å². The fourth-order valence-corrected chi connectivity index (χ4v) is 3.42. The molecule has 0 spiro atoms. The normalized spacial score (nSPS) is 13.6. The van der Waals surface area contributed by atoms with Gasteiger partial charge in [0.15, 0.2) is 17.1 Å². The molecule has 6 heteroatoms. The molecule has 0 aliphatic carbocycles. The molecule has 0 N–H and O–H groups in total. The minimum atomic E-state index is -0.188. The van der Waals surface area contributed by atoms with Gasteiger partial charge in [0.1, 0.15) is 0 Å². The van der Waals surface area contributed by atoms with Crippen molar-refractivity contribution < 1.29 is 13.9 Å². The molecule has 0 atom stereocenters. The number of furan rings is 1. The molecule has 0 radical (unpaired) electrons. The number of anilines is 1. The van der Waals surface area contributed by atoms with E-state index in [1.807, 2.05) is 42.5 Å². The Balaban J connectivity index is 1.58. The lowest BCUT2D eigenvalue weighted by molar-refractivity contribution is 0.0964. The Kier molecular flexibility index (Phi) is 2.88. The van der Waals surface area contributed by atoms with E-state index in [0.717, 1.165) is 23.0 Å². The largest absolute Gasteiger partial charge is 0.493 e. The Labute approximate surface area is 143 Å². The van der Waals surface area contributed by atoms with Crippen molar-refractivity contribution in [1.29, 1.82) is 0 Å². The number of carbonyl (C=O) groups is 1. The van der Waals surface area contributed by atoms with Gasteiger partial charge in [-0.1, -0.05) is 24.3 Å². The summed E-state index contributed by atoms with van der Waals surface area (Å²) in [7, 11) is 1.58. The molecule has 25 heavy (non-hydrogen) atoms. The highest BCUT2D eigenvalue weighted by molar-refractivity contribution is 6.07. The fourth-order valence-electron chi connectivity index (χ4n) is 3.42. The molecule has 4 aromatic rings. The molecule has 0 unspecified atom stereocenters. The van der Waals surface area contributed by atoms with Crippen molar-refractivity contribution in [2.45, 2.75) is 6.54 Å². The number of carbonyl (C=O) groups excluding carboxylic acids is 1. The molecule has 1 aliphatic rings. The van der Waals surface area contributed by atoms with Crippen molar-refractivity contribution in [1.82, 2.24) is 9.55 Å². The van der Waals surface area contributed by atoms with Crippen molar-refractivity contribution in [3.05, 3.63) is 54.3 Å². The summed E-state index contributed by atoms with van der Waals surface area (Å²) >= 11 is 0. The summed E-state index contributed by atoms with van der Waals surface area (Å²) in [5, 5.41) is 0.843. The molecule has 2 aromatic heterocycles. The number of methoxy groups -OCH3 is 1. The van der Waals surface area contributed by atoms with Crippen LogP contribution in [0.1, 0.15) is 10.6 Å². The number of hydrogen-bond acceptors (Lipinski definition) is 4. The van der Waals surface area contributed by atoms with E-state index in [0.29, 0.717) is 29.6 Å². The van der Waals surface area contributed by atoms with Crippen LogP contribution in [0.3, 0.4) is 0 Å². The highest BCUT2D eigenvalue weighted by atomic mass is 16.5. The Morgan fingerprint density at radius 2 is 2.04 bits per heavy atom. The van der Waals surface area contributed by atoms with Crippen molar-refractivity contribution in [2.24, 2.45) is 0 Å². The third-order valence-corrected chi connectivity index (χ3v) is 4.61. The topological polar surface area (TPSA) is 60.5 Å². The summed E-state index contributed by atoms with van der Waals surface area (Å²) in [5.41, 5.74) is 2.52. The van der Waals surface area contributed by atoms with Crippen LogP contribution in [0.4, 0.5) is 5.95 Å². The minimum absolute atomic E-state index is 0.188. The molecule has 2 aromatic carbocycles. The van der Waals surface area contributed by atoms with E-state index in [2.05, 4.69) is 9.55 Å². The molecule has 5 rings (SSSR count). The SMILES string of the molecule is COc1cccc2cc(C(=O)N3CCn4c3nc3ccccc34)oc12. The molecule has 124 valence electrons. The summed E-state index contributed by atoms with van der Waals surface area (Å²) in [6, 6.07) is 15.2. The van der Waals surface area contributed by atoms with Crippen molar-refractivity contribution in [3.63, 3.8) is 0 Å². The maximum atomic E-state index is 13.0. The van der Waals surface area contributed by atoms with Crippen LogP contribution in [0.15, 0.2) is 52.9 Å². The van der Waals surface area contributed by atoms with Crippen LogP contribution in [0.5, 0.6) is 5.75 Å². The molecule has 1 aliphatic heterocycles. The first-order chi connectivity index (χ1) is 12.3. The van der Waals surface area contributed by atoms with Crippen molar-refractivity contribution in [2.75, 3.05) is 18.6 Å². The zero-order valence-corrected chi connectivity index (χ0v) is 13.6. The molecule has 0 fully saturated rings. The monoisotopic (exact) mass is 333 g/mol. The number of ether oxygens (including phenoxy) is 1. The summed E-state index contributed by atoms with van der Waals surface area (Å²) in [5.74, 6) is 1.39. The van der Waals surface area contributed by atoms with Crippen molar-refractivity contribution in [3.8, 4) is 5.75 Å². The highest BCUT2D eigenvalue weighted by Crippen LogP contribution is 2.32. The highest BCUT2D eigenvalue weighted by Gasteiger charge is 2.31. The summed E-state index contributed by atoms with van der Waals surface area (Å²) in [6.07, 6.45) is 0. The first-order valence-corrected chi connectivity index (χ1v) is 8.10. The smallest absolute Gasteiger partial charge is 0.296 e. The van der Waals surface area contributed by atoms with Gasteiger partial charge in [-0.15, -0.1) is 0 Å². The van der Waals surface area contributed by atoms with Gasteiger partial charge in [-0.05, 0) is 24.3 Å². The first-order valence-electron chi connectivity index (χ1n) is 8.10. The number of hydrogen-bond donors (Lipinski definition) is 0. The van der Waals surface area contributed by atoms with E-state index in [1.54, 1.807) is 18.1 Å². The van der Waals surface area contributed by atoms with Crippen LogP contribution in [0, 0.1) is 0 Å². The number of imidazole rings is 1. The van der Waals surface area contributed by atoms with Crippen LogP contribution in [0.25, 0.3) is 22.0 Å². The number of rotatable bonds is 2. The molecular formula is C19H15N3O3. The summed E-state index contributed by atoms with van der Waals surface area (Å²) in [6.45, 7) is 1.31. The Hall–Kier alpha value is -3.28. The average molecular weight is 333 g/mol. The van der Waals surface area contributed by atoms with Gasteiger partial charge in [0.2, 0.25) is 5.95 Å². The maximum Gasteiger partial charge on any atom is 0.296 e. The second kappa shape index (κ2) is 5.11. The van der Waals surface area contributed by atoms with E-state index in [4.69, 9.17) is 9.15 Å². The van der Waals surface area contributed by atoms with Crippen LogP contribution in [-0.2, 0) is 6.54 Å². The quantitative estimate of drug-likeness (QED) is 0.564. The Morgan fingerprint density at radius 3 is 2.92 bits per heavy atom. The third kappa shape index (κ3) is 1.97. The van der Waals surface area contributed by atoms with E-state index in [1.165, 1.54) is 0 Å². The lowest BCUT2D eigenvalue weighted by Gasteiger charge is -2.11. The van der Waals surface area contributed by atoms with E-state index in [-0.39, 0.29) is 5.91 Å². The van der Waals surface area contributed by atoms with E-state index in [9.17, 15) is 4.79 Å². The predicted molar refractivity (Wildman–Crippen MR) is 94.2 cm³/mol. The van der Waals surface area contributed by atoms with Gasteiger partial charge in [-0.25, -0.2) is 4.98 Å². The molecule has 0 bridgehead atoms. The van der Waals surface area contributed by atoms with Gasteiger partial charge in [0, 0.05) is 18.5 Å². The molecule has 6 nitrogen and oxygen atoms in total. The number of aromatic nitrogens is 2. The standard InChI is InChI=1S/C19H15N3O3/c1-24-15-8-4-5-12-11-16(25-17(12)15)18(23)22-10-9-21-14-7-3-2-6-13(14)20-19(21)22/h2-8,11H,9-10H2,1H3. The molecule has 0 saturated carbocycles. The van der Waals surface area contributed by atoms with Gasteiger partial charge >= 0.3 is 0 Å². The Morgan fingerprint density at radius 1 is 1.16 bits per heavy atom. The van der Waals surface area contributed by atoms with E-state index >= 15 is 0 Å². The Bertz CT molecular complexity index is 1130. The van der Waals surface area contributed by atoms with Crippen LogP contribution >= 0.6 is 0 Å². The third-order valence-electron chi connectivity index (χ3n) is 4.61. The van der Waals surface area contributed by atoms with Gasteiger partial charge in [-0.2, -0.15) is 0 Å². The minimum Gasteiger partial charge on any atom is -0.493 e. The second-order valence-electron chi connectivity index (χ2n) is 6.00. The first kappa shape index (κ1) is 14.1. The van der Waals surface area contributed by atoms with Crippen LogP contribution in [-0.4, -0.2) is 29.1 Å². The number of fused-ring (bicyclic) bond motifs is 4. The van der Waals surface area contributed by atoms with Gasteiger partial charge in [-0.3, -0.25) is 9.69 Å². The predicted octanol–water partition coefficient (Wildman–Crippen LogP) is 3.45. The summed E-state index contributed by atoms with van der Waals surface area (Å²) < 4.78 is 13.2. The average Bonchev–Trinajstić information content (AvgIpc) is 3.33. The fraction of sp³-hybridized carbons (Fsp3) is 0.158. The maximum absolute atomic E-state index is 13.0. The van der Waals surface area contributed by atoms with Crippen LogP contribution < -0.4 is 9.64 Å². The zero-order valence-electron chi connectivity index (χ0n) is 13.6. The van der Waals surface area contributed by atoms with Crippen LogP contribution in [0.2, 0.25) is 0 Å². The zero-order chi connectivity index (χ0) is 17.0. The summed E-state index contributed by atoms with van der Waals surface area (Å²) in [4.78, 5) is 19.3. The second-order valence-corrected chi connectivity index (χ2v) is 6.00. The molecule has 0 saturated heterocycles. The molecule has 1 amide bonds. The van der Waals surface area contributed by atoms with E-state index < -0.39 is 0 Å². The van der Waals surface area contributed by atoms with Crippen molar-refractivity contribution >= 4 is 33.9 Å². The number of para-hydroxylation sites is 3. The number of amides is 1. The lowest BCUT2D eigenvalue weighted by Crippen LogP contribution is -2.29. The number of benzene rings is 2. The molecular weight excluding hydrogens is 318 g/mol. The van der Waals surface area contributed by atoms with Gasteiger partial charge < -0.3 is 13.7 Å². The lowest BCUT2D eigenvalue weighted by atomic mass is 10.2. The molecule has 3 heterocycles. The number of nitrogens with zero attached hydrogens (tertiary/aromatic N) is 3.